The van der Waals surface area contributed by atoms with Gasteiger partial charge in [-0.15, -0.1) is 0 Å². The van der Waals surface area contributed by atoms with Gasteiger partial charge in [-0.25, -0.2) is 14.4 Å². The van der Waals surface area contributed by atoms with Gasteiger partial charge in [0.2, 0.25) is 5.71 Å². The normalized spacial score (nSPS) is 11.9. The number of nitrogens with zero attached hydrogens (tertiary/aromatic N) is 3. The van der Waals surface area contributed by atoms with Crippen LogP contribution in [0, 0.1) is 5.82 Å². The van der Waals surface area contributed by atoms with Gasteiger partial charge in [0.15, 0.2) is 0 Å². The van der Waals surface area contributed by atoms with Crippen molar-refractivity contribution in [3.05, 3.63) is 84.8 Å². The van der Waals surface area contributed by atoms with E-state index in [0.717, 1.165) is 49.9 Å². The van der Waals surface area contributed by atoms with Gasteiger partial charge in [0.05, 0.1) is 16.6 Å². The molecule has 3 aromatic heterocycles. The molecule has 0 saturated heterocycles. The van der Waals surface area contributed by atoms with Crippen LogP contribution in [-0.4, -0.2) is 14.5 Å². The smallest absolute Gasteiger partial charge is 0.227 e. The molecule has 0 saturated carbocycles. The lowest BCUT2D eigenvalue weighted by atomic mass is 10.0. The van der Waals surface area contributed by atoms with Gasteiger partial charge in [0.1, 0.15) is 17.2 Å². The summed E-state index contributed by atoms with van der Waals surface area (Å²) in [7, 11) is 0. The number of benzene rings is 3. The lowest BCUT2D eigenvalue weighted by Gasteiger charge is -2.13. The second-order valence-electron chi connectivity index (χ2n) is 8.26. The Kier molecular flexibility index (Phi) is 4.12. The van der Waals surface area contributed by atoms with E-state index in [1.807, 2.05) is 36.4 Å². The third kappa shape index (κ3) is 2.82. The van der Waals surface area contributed by atoms with Crippen molar-refractivity contribution in [2.75, 3.05) is 0 Å². The zero-order valence-electron chi connectivity index (χ0n) is 17.7. The molecule has 0 amide bonds. The van der Waals surface area contributed by atoms with E-state index < -0.39 is 0 Å². The molecule has 0 unspecified atom stereocenters. The lowest BCUT2D eigenvalue weighted by molar-refractivity contribution is 0.621. The predicted octanol–water partition coefficient (Wildman–Crippen LogP) is 7.38. The van der Waals surface area contributed by atoms with E-state index in [-0.39, 0.29) is 11.9 Å². The second kappa shape index (κ2) is 7.02. The molecule has 0 aliphatic heterocycles. The zero-order valence-corrected chi connectivity index (χ0v) is 17.7. The first-order valence-corrected chi connectivity index (χ1v) is 10.6. The third-order valence-electron chi connectivity index (χ3n) is 5.89. The number of hydrogen-bond donors (Lipinski definition) is 0. The summed E-state index contributed by atoms with van der Waals surface area (Å²) in [6.45, 7) is 4.32. The molecule has 0 N–H and O–H groups in total. The summed E-state index contributed by atoms with van der Waals surface area (Å²) in [6.07, 6.45) is 1.76. The van der Waals surface area contributed by atoms with E-state index in [0.29, 0.717) is 5.71 Å². The monoisotopic (exact) mass is 421 g/mol. The van der Waals surface area contributed by atoms with Crippen molar-refractivity contribution in [1.29, 1.82) is 0 Å². The molecule has 0 spiro atoms. The molecule has 3 aromatic carbocycles. The van der Waals surface area contributed by atoms with E-state index in [9.17, 15) is 4.39 Å². The molecular formula is C27H20FN3O. The molecule has 32 heavy (non-hydrogen) atoms. The van der Waals surface area contributed by atoms with Crippen LogP contribution in [0.25, 0.3) is 55.6 Å². The Morgan fingerprint density at radius 1 is 0.875 bits per heavy atom. The molecule has 6 aromatic rings. The predicted molar refractivity (Wildman–Crippen MR) is 126 cm³/mol. The van der Waals surface area contributed by atoms with Crippen LogP contribution in [-0.2, 0) is 0 Å². The molecular weight excluding hydrogens is 401 g/mol. The van der Waals surface area contributed by atoms with E-state index in [1.165, 1.54) is 12.1 Å². The maximum absolute atomic E-state index is 13.3. The van der Waals surface area contributed by atoms with Gasteiger partial charge in [-0.3, -0.25) is 0 Å². The molecule has 0 atom stereocenters. The molecule has 0 bridgehead atoms. The number of rotatable bonds is 3. The average Bonchev–Trinajstić information content (AvgIpc) is 3.37. The van der Waals surface area contributed by atoms with Gasteiger partial charge < -0.3 is 8.98 Å². The first-order valence-electron chi connectivity index (χ1n) is 10.6. The molecule has 3 heterocycles. The standard InChI is InChI=1S/C27H20FN3O/c1-16(2)31-24-9-4-3-8-23(24)30-26(31)21-7-5-6-20-22-14-18(15-29-27(22)32-25(20)21)17-10-12-19(28)13-11-17/h3-16H,1-2H3. The van der Waals surface area contributed by atoms with Crippen LogP contribution in [0.4, 0.5) is 4.39 Å². The van der Waals surface area contributed by atoms with Gasteiger partial charge in [-0.2, -0.15) is 0 Å². The molecule has 156 valence electrons. The first kappa shape index (κ1) is 18.8. The molecule has 0 aliphatic rings. The lowest BCUT2D eigenvalue weighted by Crippen LogP contribution is -2.03. The Morgan fingerprint density at radius 2 is 1.69 bits per heavy atom. The van der Waals surface area contributed by atoms with Crippen LogP contribution in [0.3, 0.4) is 0 Å². The summed E-state index contributed by atoms with van der Waals surface area (Å²) in [4.78, 5) is 9.51. The number of pyridine rings is 1. The minimum Gasteiger partial charge on any atom is -0.437 e. The van der Waals surface area contributed by atoms with Crippen LogP contribution in [0.5, 0.6) is 0 Å². The Hall–Kier alpha value is -3.99. The highest BCUT2D eigenvalue weighted by atomic mass is 19.1. The van der Waals surface area contributed by atoms with Gasteiger partial charge in [0, 0.05) is 28.6 Å². The molecule has 4 nitrogen and oxygen atoms in total. The minimum absolute atomic E-state index is 0.236. The summed E-state index contributed by atoms with van der Waals surface area (Å²) in [5.74, 6) is 0.624. The maximum atomic E-state index is 13.3. The van der Waals surface area contributed by atoms with E-state index >= 15 is 0 Å². The molecule has 6 rings (SSSR count). The van der Waals surface area contributed by atoms with E-state index in [1.54, 1.807) is 18.3 Å². The van der Waals surface area contributed by atoms with Crippen molar-refractivity contribution in [2.45, 2.75) is 19.9 Å². The van der Waals surface area contributed by atoms with Crippen molar-refractivity contribution in [3.63, 3.8) is 0 Å². The van der Waals surface area contributed by atoms with Crippen LogP contribution >= 0.6 is 0 Å². The van der Waals surface area contributed by atoms with Gasteiger partial charge >= 0.3 is 0 Å². The fraction of sp³-hybridized carbons (Fsp3) is 0.111. The number of aromatic nitrogens is 3. The van der Waals surface area contributed by atoms with Gasteiger partial charge in [-0.05, 0) is 55.8 Å². The Morgan fingerprint density at radius 3 is 2.50 bits per heavy atom. The highest BCUT2D eigenvalue weighted by Crippen LogP contribution is 2.38. The third-order valence-corrected chi connectivity index (χ3v) is 5.89. The maximum Gasteiger partial charge on any atom is 0.227 e. The SMILES string of the molecule is CC(C)n1c(-c2cccc3c2oc2ncc(-c4ccc(F)cc4)cc23)nc2ccccc21. The zero-order chi connectivity index (χ0) is 21.8. The highest BCUT2D eigenvalue weighted by molar-refractivity contribution is 6.09. The van der Waals surface area contributed by atoms with Crippen LogP contribution < -0.4 is 0 Å². The molecule has 0 fully saturated rings. The first-order chi connectivity index (χ1) is 15.6. The average molecular weight is 421 g/mol. The number of halogens is 1. The largest absolute Gasteiger partial charge is 0.437 e. The number of fused-ring (bicyclic) bond motifs is 4. The van der Waals surface area contributed by atoms with Crippen LogP contribution in [0.15, 0.2) is 83.4 Å². The van der Waals surface area contributed by atoms with Crippen molar-refractivity contribution in [2.24, 2.45) is 0 Å². The Bertz CT molecular complexity index is 1610. The number of imidazole rings is 1. The number of para-hydroxylation sites is 3. The summed E-state index contributed by atoms with van der Waals surface area (Å²) in [5.41, 5.74) is 6.17. The summed E-state index contributed by atoms with van der Waals surface area (Å²) in [5, 5.41) is 1.91. The summed E-state index contributed by atoms with van der Waals surface area (Å²) < 4.78 is 21.8. The highest BCUT2D eigenvalue weighted by Gasteiger charge is 2.20. The molecule has 0 radical (unpaired) electrons. The van der Waals surface area contributed by atoms with Crippen LogP contribution in [0.2, 0.25) is 0 Å². The quantitative estimate of drug-likeness (QED) is 0.299. The summed E-state index contributed by atoms with van der Waals surface area (Å²) in [6, 6.07) is 23.0. The van der Waals surface area contributed by atoms with Crippen LogP contribution in [0.1, 0.15) is 19.9 Å². The fourth-order valence-corrected chi connectivity index (χ4v) is 4.42. The number of furan rings is 1. The number of hydrogen-bond acceptors (Lipinski definition) is 3. The van der Waals surface area contributed by atoms with Gasteiger partial charge in [0.25, 0.3) is 0 Å². The molecule has 0 aliphatic carbocycles. The van der Waals surface area contributed by atoms with E-state index in [2.05, 4.69) is 35.5 Å². The van der Waals surface area contributed by atoms with Crippen molar-refractivity contribution >= 4 is 33.1 Å². The second-order valence-corrected chi connectivity index (χ2v) is 8.26. The van der Waals surface area contributed by atoms with Crippen molar-refractivity contribution in [3.8, 4) is 22.5 Å². The molecule has 5 heteroatoms. The topological polar surface area (TPSA) is 43.9 Å². The fourth-order valence-electron chi connectivity index (χ4n) is 4.42. The Balaban J connectivity index is 1.60. The Labute approximate surface area is 184 Å². The van der Waals surface area contributed by atoms with Gasteiger partial charge in [-0.1, -0.05) is 36.4 Å². The van der Waals surface area contributed by atoms with Crippen molar-refractivity contribution in [1.82, 2.24) is 14.5 Å². The van der Waals surface area contributed by atoms with Crippen molar-refractivity contribution < 1.29 is 8.81 Å². The minimum atomic E-state index is -0.255. The summed E-state index contributed by atoms with van der Waals surface area (Å²) >= 11 is 0. The van der Waals surface area contributed by atoms with E-state index in [4.69, 9.17) is 9.40 Å².